The Morgan fingerprint density at radius 3 is 2.66 bits per heavy atom. The molecule has 0 unspecified atom stereocenters. The molecule has 0 spiro atoms. The predicted octanol–water partition coefficient (Wildman–Crippen LogP) is 3.60. The number of thiazole rings is 1. The molecule has 29 heavy (non-hydrogen) atoms. The fraction of sp³-hybridized carbons (Fsp3) is 0.700. The fourth-order valence-electron chi connectivity index (χ4n) is 4.01. The average Bonchev–Trinajstić information content (AvgIpc) is 3.41. The summed E-state index contributed by atoms with van der Waals surface area (Å²) in [7, 11) is 4.11. The number of hydrogen-bond acceptors (Lipinski definition) is 5. The van der Waals surface area contributed by atoms with Crippen molar-refractivity contribution in [1.82, 2.24) is 30.0 Å². The van der Waals surface area contributed by atoms with Gasteiger partial charge in [-0.1, -0.05) is 12.8 Å². The number of nitrogens with zero attached hydrogens (tertiary/aromatic N) is 6. The van der Waals surface area contributed by atoms with Gasteiger partial charge in [-0.25, -0.2) is 9.98 Å². The molecule has 0 radical (unpaired) electrons. The molecule has 160 valence electrons. The SMILES string of the molecule is Cc1nnc(CN=C(NC2CCCC2)N(C)Cc2nc3c(s2)CCCC3)n1C.I. The summed E-state index contributed by atoms with van der Waals surface area (Å²) in [6, 6.07) is 0.520. The van der Waals surface area contributed by atoms with E-state index in [9.17, 15) is 0 Å². The van der Waals surface area contributed by atoms with Gasteiger partial charge in [0.05, 0.1) is 12.2 Å². The Morgan fingerprint density at radius 2 is 1.97 bits per heavy atom. The Hall–Kier alpha value is -1.23. The van der Waals surface area contributed by atoms with Crippen molar-refractivity contribution < 1.29 is 0 Å². The smallest absolute Gasteiger partial charge is 0.194 e. The van der Waals surface area contributed by atoms with Gasteiger partial charge in [-0.2, -0.15) is 0 Å². The minimum Gasteiger partial charge on any atom is -0.353 e. The van der Waals surface area contributed by atoms with Crippen LogP contribution in [0.25, 0.3) is 0 Å². The fourth-order valence-corrected chi connectivity index (χ4v) is 5.22. The molecule has 0 atom stereocenters. The number of nitrogens with one attached hydrogen (secondary N) is 1. The van der Waals surface area contributed by atoms with Crippen LogP contribution in [-0.2, 0) is 33.0 Å². The Labute approximate surface area is 194 Å². The molecule has 1 saturated carbocycles. The summed E-state index contributed by atoms with van der Waals surface area (Å²) in [6.07, 6.45) is 9.97. The van der Waals surface area contributed by atoms with Crippen LogP contribution in [-0.4, -0.2) is 43.7 Å². The lowest BCUT2D eigenvalue weighted by Gasteiger charge is -2.24. The zero-order valence-corrected chi connectivity index (χ0v) is 20.8. The van der Waals surface area contributed by atoms with Gasteiger partial charge in [-0.15, -0.1) is 45.5 Å². The number of aliphatic imine (C=N–C) groups is 1. The molecule has 0 aliphatic heterocycles. The molecule has 2 aromatic heterocycles. The monoisotopic (exact) mass is 529 g/mol. The molecule has 2 heterocycles. The lowest BCUT2D eigenvalue weighted by Crippen LogP contribution is -2.43. The van der Waals surface area contributed by atoms with Crippen molar-refractivity contribution in [3.8, 4) is 0 Å². The maximum Gasteiger partial charge on any atom is 0.194 e. The van der Waals surface area contributed by atoms with E-state index in [4.69, 9.17) is 9.98 Å². The van der Waals surface area contributed by atoms with Crippen LogP contribution in [0.15, 0.2) is 4.99 Å². The first-order valence-corrected chi connectivity index (χ1v) is 11.3. The number of fused-ring (bicyclic) bond motifs is 1. The van der Waals surface area contributed by atoms with Gasteiger partial charge in [0, 0.05) is 25.0 Å². The molecule has 7 nitrogen and oxygen atoms in total. The van der Waals surface area contributed by atoms with Gasteiger partial charge in [-0.3, -0.25) is 0 Å². The van der Waals surface area contributed by atoms with Crippen LogP contribution >= 0.6 is 35.3 Å². The van der Waals surface area contributed by atoms with Gasteiger partial charge >= 0.3 is 0 Å². The quantitative estimate of drug-likeness (QED) is 0.364. The van der Waals surface area contributed by atoms with Crippen LogP contribution < -0.4 is 5.32 Å². The van der Waals surface area contributed by atoms with E-state index in [1.54, 1.807) is 0 Å². The molecule has 1 fully saturated rings. The van der Waals surface area contributed by atoms with E-state index >= 15 is 0 Å². The second kappa shape index (κ2) is 10.2. The number of guanidine groups is 1. The maximum absolute atomic E-state index is 4.91. The molecule has 1 N–H and O–H groups in total. The van der Waals surface area contributed by atoms with Gasteiger partial charge in [0.2, 0.25) is 0 Å². The standard InChI is InChI=1S/C20H31N7S.HI/c1-14-24-25-18(27(14)3)12-21-20(22-15-8-4-5-9-15)26(2)13-19-23-16-10-6-7-11-17(16)28-19;/h15H,4-13H2,1-3H3,(H,21,22);1H. The molecular weight excluding hydrogens is 497 g/mol. The minimum atomic E-state index is 0. The van der Waals surface area contributed by atoms with Crippen LogP contribution in [0, 0.1) is 6.92 Å². The van der Waals surface area contributed by atoms with Crippen LogP contribution in [0.4, 0.5) is 0 Å². The summed E-state index contributed by atoms with van der Waals surface area (Å²) in [6.45, 7) is 3.30. The van der Waals surface area contributed by atoms with E-state index in [1.807, 2.05) is 29.9 Å². The Morgan fingerprint density at radius 1 is 1.21 bits per heavy atom. The van der Waals surface area contributed by atoms with Crippen molar-refractivity contribution in [1.29, 1.82) is 0 Å². The van der Waals surface area contributed by atoms with Crippen LogP contribution in [0.2, 0.25) is 0 Å². The summed E-state index contributed by atoms with van der Waals surface area (Å²) < 4.78 is 2.01. The van der Waals surface area contributed by atoms with Crippen molar-refractivity contribution in [2.24, 2.45) is 12.0 Å². The highest BCUT2D eigenvalue weighted by atomic mass is 127. The highest BCUT2D eigenvalue weighted by molar-refractivity contribution is 14.0. The van der Waals surface area contributed by atoms with E-state index < -0.39 is 0 Å². The van der Waals surface area contributed by atoms with Gasteiger partial charge in [0.15, 0.2) is 11.8 Å². The number of hydrogen-bond donors (Lipinski definition) is 1. The third-order valence-electron chi connectivity index (χ3n) is 5.87. The van der Waals surface area contributed by atoms with Crippen LogP contribution in [0.1, 0.15) is 65.8 Å². The lowest BCUT2D eigenvalue weighted by molar-refractivity contribution is 0.455. The van der Waals surface area contributed by atoms with Gasteiger partial charge in [-0.05, 0) is 45.4 Å². The van der Waals surface area contributed by atoms with Crippen molar-refractivity contribution in [3.63, 3.8) is 0 Å². The Kier molecular flexibility index (Phi) is 7.89. The Bertz CT molecular complexity index is 814. The third-order valence-corrected chi connectivity index (χ3v) is 7.01. The number of aromatic nitrogens is 4. The maximum atomic E-state index is 4.91. The molecule has 0 amide bonds. The topological polar surface area (TPSA) is 71.2 Å². The summed E-state index contributed by atoms with van der Waals surface area (Å²) in [4.78, 5) is 13.5. The first kappa shape index (κ1) is 22.5. The third kappa shape index (κ3) is 5.48. The Balaban J connectivity index is 0.00000240. The van der Waals surface area contributed by atoms with E-state index in [2.05, 4.69) is 27.5 Å². The molecule has 0 bridgehead atoms. The zero-order valence-electron chi connectivity index (χ0n) is 17.6. The first-order valence-electron chi connectivity index (χ1n) is 10.4. The van der Waals surface area contributed by atoms with Crippen LogP contribution in [0.3, 0.4) is 0 Å². The van der Waals surface area contributed by atoms with E-state index in [0.29, 0.717) is 12.6 Å². The molecular formula is C20H32IN7S. The molecule has 9 heteroatoms. The highest BCUT2D eigenvalue weighted by Gasteiger charge is 2.20. The van der Waals surface area contributed by atoms with Crippen molar-refractivity contribution >= 4 is 41.3 Å². The summed E-state index contributed by atoms with van der Waals surface area (Å²) in [5.41, 5.74) is 1.33. The van der Waals surface area contributed by atoms with Gasteiger partial charge in [0.1, 0.15) is 17.4 Å². The van der Waals surface area contributed by atoms with Crippen molar-refractivity contribution in [3.05, 3.63) is 27.2 Å². The summed E-state index contributed by atoms with van der Waals surface area (Å²) >= 11 is 1.88. The number of halogens is 1. The second-order valence-electron chi connectivity index (χ2n) is 8.03. The molecule has 4 rings (SSSR count). The molecule has 2 aliphatic carbocycles. The first-order chi connectivity index (χ1) is 13.6. The summed E-state index contributed by atoms with van der Waals surface area (Å²) in [5, 5.41) is 13.3. The van der Waals surface area contributed by atoms with E-state index in [-0.39, 0.29) is 24.0 Å². The second-order valence-corrected chi connectivity index (χ2v) is 9.20. The molecule has 2 aromatic rings. The van der Waals surface area contributed by atoms with Crippen molar-refractivity contribution in [2.75, 3.05) is 7.05 Å². The average molecular weight is 529 g/mol. The zero-order chi connectivity index (χ0) is 19.5. The van der Waals surface area contributed by atoms with Crippen LogP contribution in [0.5, 0.6) is 0 Å². The molecule has 0 aromatic carbocycles. The van der Waals surface area contributed by atoms with Gasteiger partial charge in [0.25, 0.3) is 0 Å². The van der Waals surface area contributed by atoms with E-state index in [1.165, 1.54) is 60.5 Å². The minimum absolute atomic E-state index is 0. The predicted molar refractivity (Wildman–Crippen MR) is 128 cm³/mol. The molecule has 0 saturated heterocycles. The van der Waals surface area contributed by atoms with Crippen molar-refractivity contribution in [2.45, 2.75) is 77.4 Å². The normalized spacial score (nSPS) is 17.1. The molecule has 2 aliphatic rings. The van der Waals surface area contributed by atoms with Gasteiger partial charge < -0.3 is 14.8 Å². The van der Waals surface area contributed by atoms with E-state index in [0.717, 1.165) is 30.6 Å². The summed E-state index contributed by atoms with van der Waals surface area (Å²) in [5.74, 6) is 2.75. The number of aryl methyl sites for hydroxylation is 3. The number of rotatable bonds is 5. The highest BCUT2D eigenvalue weighted by Crippen LogP contribution is 2.27. The lowest BCUT2D eigenvalue weighted by atomic mass is 10.0. The largest absolute Gasteiger partial charge is 0.353 e.